The lowest BCUT2D eigenvalue weighted by Crippen LogP contribution is -2.04. The number of alkyl halides is 3. The van der Waals surface area contributed by atoms with E-state index >= 15 is 0 Å². The molecule has 0 saturated carbocycles. The number of halogens is 3. The number of methoxy groups -OCH3 is 1. The highest BCUT2D eigenvalue weighted by Gasteiger charge is 2.30. The second kappa shape index (κ2) is 7.53. The average Bonchev–Trinajstić information content (AvgIpc) is 2.62. The average molecular weight is 376 g/mol. The first-order valence-corrected chi connectivity index (χ1v) is 7.86. The van der Waals surface area contributed by atoms with Gasteiger partial charge in [0.25, 0.3) is 0 Å². The summed E-state index contributed by atoms with van der Waals surface area (Å²) >= 11 is 0. The lowest BCUT2D eigenvalue weighted by atomic mass is 10.2. The van der Waals surface area contributed by atoms with E-state index in [0.29, 0.717) is 23.1 Å². The van der Waals surface area contributed by atoms with Crippen molar-refractivity contribution in [2.24, 2.45) is 0 Å². The van der Waals surface area contributed by atoms with Crippen molar-refractivity contribution in [2.75, 3.05) is 7.11 Å². The van der Waals surface area contributed by atoms with Gasteiger partial charge in [0.1, 0.15) is 17.2 Å². The Morgan fingerprint density at radius 2 is 1.48 bits per heavy atom. The Bertz CT molecular complexity index is 928. The predicted molar refractivity (Wildman–Crippen MR) is 91.4 cm³/mol. The predicted octanol–water partition coefficient (Wildman–Crippen LogP) is 5.40. The van der Waals surface area contributed by atoms with E-state index in [1.54, 1.807) is 37.3 Å². The van der Waals surface area contributed by atoms with E-state index in [9.17, 15) is 13.2 Å². The smallest absolute Gasteiger partial charge is 0.416 e. The van der Waals surface area contributed by atoms with Crippen LogP contribution in [0.15, 0.2) is 54.6 Å². The molecule has 1 aromatic heterocycles. The van der Waals surface area contributed by atoms with Crippen molar-refractivity contribution >= 4 is 0 Å². The normalized spacial score (nSPS) is 11.1. The van der Waals surface area contributed by atoms with E-state index in [-0.39, 0.29) is 11.8 Å². The summed E-state index contributed by atoms with van der Waals surface area (Å²) < 4.78 is 54.4. The highest BCUT2D eigenvalue weighted by Crippen LogP contribution is 2.33. The molecule has 0 radical (unpaired) electrons. The van der Waals surface area contributed by atoms with E-state index in [1.807, 2.05) is 0 Å². The molecule has 0 spiro atoms. The second-order valence-corrected chi connectivity index (χ2v) is 5.54. The molecule has 0 aliphatic heterocycles. The molecule has 27 heavy (non-hydrogen) atoms. The molecule has 0 saturated heterocycles. The molecule has 0 unspecified atom stereocenters. The summed E-state index contributed by atoms with van der Waals surface area (Å²) in [4.78, 5) is 8.14. The fraction of sp³-hybridized carbons (Fsp3) is 0.158. The largest absolute Gasteiger partial charge is 0.467 e. The number of rotatable bonds is 5. The highest BCUT2D eigenvalue weighted by atomic mass is 19.4. The molecule has 1 heterocycles. The van der Waals surface area contributed by atoms with Gasteiger partial charge in [-0.2, -0.15) is 18.2 Å². The second-order valence-electron chi connectivity index (χ2n) is 5.54. The van der Waals surface area contributed by atoms with Gasteiger partial charge in [-0.1, -0.05) is 6.07 Å². The van der Waals surface area contributed by atoms with Crippen molar-refractivity contribution in [3.8, 4) is 29.1 Å². The zero-order valence-electron chi connectivity index (χ0n) is 14.4. The van der Waals surface area contributed by atoms with E-state index in [1.165, 1.54) is 19.2 Å². The SMILES string of the molecule is COc1nc(C)cc(Oc2ccc(Oc3cccc(C(F)(F)F)c3)cc2)n1. The molecule has 0 amide bonds. The summed E-state index contributed by atoms with van der Waals surface area (Å²) in [5, 5.41) is 0. The standard InChI is InChI=1S/C19H15F3N2O3/c1-12-10-17(24-18(23-12)25-2)27-15-8-6-14(7-9-15)26-16-5-3-4-13(11-16)19(20,21)22/h3-11H,1-2H3. The van der Waals surface area contributed by atoms with Crippen LogP contribution in [0, 0.1) is 6.92 Å². The maximum Gasteiger partial charge on any atom is 0.416 e. The van der Waals surface area contributed by atoms with Gasteiger partial charge in [-0.05, 0) is 49.4 Å². The number of hydrogen-bond acceptors (Lipinski definition) is 5. The number of nitrogens with zero attached hydrogens (tertiary/aromatic N) is 2. The van der Waals surface area contributed by atoms with E-state index in [0.717, 1.165) is 12.1 Å². The summed E-state index contributed by atoms with van der Waals surface area (Å²) in [6, 6.07) is 12.9. The Hall–Kier alpha value is -3.29. The quantitative estimate of drug-likeness (QED) is 0.597. The topological polar surface area (TPSA) is 53.5 Å². The third-order valence-electron chi connectivity index (χ3n) is 3.44. The minimum absolute atomic E-state index is 0.0923. The molecule has 0 aliphatic carbocycles. The van der Waals surface area contributed by atoms with Gasteiger partial charge in [0.15, 0.2) is 0 Å². The first-order chi connectivity index (χ1) is 12.8. The van der Waals surface area contributed by atoms with Crippen molar-refractivity contribution in [3.05, 3.63) is 65.9 Å². The van der Waals surface area contributed by atoms with Crippen LogP contribution in [0.3, 0.4) is 0 Å². The van der Waals surface area contributed by atoms with Gasteiger partial charge in [-0.3, -0.25) is 0 Å². The molecule has 0 fully saturated rings. The number of aromatic nitrogens is 2. The molecule has 8 heteroatoms. The Kier molecular flexibility index (Phi) is 5.16. The van der Waals surface area contributed by atoms with Gasteiger partial charge < -0.3 is 14.2 Å². The minimum Gasteiger partial charge on any atom is -0.467 e. The van der Waals surface area contributed by atoms with Crippen LogP contribution in [-0.4, -0.2) is 17.1 Å². The Balaban J connectivity index is 1.72. The first-order valence-electron chi connectivity index (χ1n) is 7.86. The highest BCUT2D eigenvalue weighted by molar-refractivity contribution is 5.38. The van der Waals surface area contributed by atoms with E-state index < -0.39 is 11.7 Å². The van der Waals surface area contributed by atoms with Crippen LogP contribution in [0.4, 0.5) is 13.2 Å². The molecular weight excluding hydrogens is 361 g/mol. The van der Waals surface area contributed by atoms with Crippen molar-refractivity contribution < 1.29 is 27.4 Å². The summed E-state index contributed by atoms with van der Waals surface area (Å²) in [5.74, 6) is 1.25. The zero-order chi connectivity index (χ0) is 19.4. The van der Waals surface area contributed by atoms with Crippen molar-refractivity contribution in [3.63, 3.8) is 0 Å². The lowest BCUT2D eigenvalue weighted by Gasteiger charge is -2.11. The van der Waals surface area contributed by atoms with Crippen LogP contribution in [0.2, 0.25) is 0 Å². The van der Waals surface area contributed by atoms with Crippen LogP contribution in [0.1, 0.15) is 11.3 Å². The van der Waals surface area contributed by atoms with Gasteiger partial charge in [-0.25, -0.2) is 4.98 Å². The van der Waals surface area contributed by atoms with Gasteiger partial charge in [0, 0.05) is 11.8 Å². The molecule has 140 valence electrons. The molecule has 3 aromatic rings. The van der Waals surface area contributed by atoms with E-state index in [4.69, 9.17) is 14.2 Å². The monoisotopic (exact) mass is 376 g/mol. The molecule has 3 rings (SSSR count). The van der Waals surface area contributed by atoms with Gasteiger partial charge in [0.2, 0.25) is 5.88 Å². The number of ether oxygens (including phenoxy) is 3. The number of benzene rings is 2. The molecule has 0 N–H and O–H groups in total. The molecule has 0 aliphatic rings. The maximum atomic E-state index is 12.8. The van der Waals surface area contributed by atoms with Crippen LogP contribution in [-0.2, 0) is 6.18 Å². The third-order valence-corrected chi connectivity index (χ3v) is 3.44. The Morgan fingerprint density at radius 3 is 2.11 bits per heavy atom. The summed E-state index contributed by atoms with van der Waals surface area (Å²) in [7, 11) is 1.46. The third kappa shape index (κ3) is 4.87. The summed E-state index contributed by atoms with van der Waals surface area (Å²) in [5.41, 5.74) is -0.0885. The van der Waals surface area contributed by atoms with Gasteiger partial charge in [0.05, 0.1) is 12.7 Å². The van der Waals surface area contributed by atoms with Crippen LogP contribution in [0.5, 0.6) is 29.1 Å². The van der Waals surface area contributed by atoms with Crippen LogP contribution in [0.25, 0.3) is 0 Å². The molecular formula is C19H15F3N2O3. The van der Waals surface area contributed by atoms with Gasteiger partial charge in [-0.15, -0.1) is 0 Å². The Labute approximate surface area is 153 Å². The van der Waals surface area contributed by atoms with E-state index in [2.05, 4.69) is 9.97 Å². The van der Waals surface area contributed by atoms with Crippen molar-refractivity contribution in [1.82, 2.24) is 9.97 Å². The minimum atomic E-state index is -4.42. The Morgan fingerprint density at radius 1 is 0.815 bits per heavy atom. The maximum absolute atomic E-state index is 12.8. The molecule has 0 atom stereocenters. The zero-order valence-corrected chi connectivity index (χ0v) is 14.4. The first kappa shape index (κ1) is 18.5. The van der Waals surface area contributed by atoms with Crippen molar-refractivity contribution in [2.45, 2.75) is 13.1 Å². The number of aryl methyl sites for hydroxylation is 1. The molecule has 2 aromatic carbocycles. The van der Waals surface area contributed by atoms with Gasteiger partial charge >= 0.3 is 12.2 Å². The number of hydrogen-bond donors (Lipinski definition) is 0. The molecule has 0 bridgehead atoms. The fourth-order valence-electron chi connectivity index (χ4n) is 2.23. The van der Waals surface area contributed by atoms with Crippen LogP contribution >= 0.6 is 0 Å². The summed E-state index contributed by atoms with van der Waals surface area (Å²) in [6.07, 6.45) is -4.42. The lowest BCUT2D eigenvalue weighted by molar-refractivity contribution is -0.137. The van der Waals surface area contributed by atoms with Crippen LogP contribution < -0.4 is 14.2 Å². The van der Waals surface area contributed by atoms with Crippen molar-refractivity contribution in [1.29, 1.82) is 0 Å². The fourth-order valence-corrected chi connectivity index (χ4v) is 2.23. The molecule has 5 nitrogen and oxygen atoms in total. The summed E-state index contributed by atoms with van der Waals surface area (Å²) in [6.45, 7) is 1.78.